The molecule has 4 nitrogen and oxygen atoms in total. The average Bonchev–Trinajstić information content (AvgIpc) is 2.95. The molecule has 18 heavy (non-hydrogen) atoms. The smallest absolute Gasteiger partial charge is 0.311 e. The standard InChI is InChI=1S/C12H14ClNO3S/c1-2-12(11(16)17)4-5-14(7-12)10(15)9-8(13)3-6-18-9/h3,6H,2,4-5,7H2,1H3,(H,16,17). The van der Waals surface area contributed by atoms with Crippen molar-refractivity contribution in [1.29, 1.82) is 0 Å². The average molecular weight is 288 g/mol. The van der Waals surface area contributed by atoms with Crippen LogP contribution in [0.15, 0.2) is 11.4 Å². The Kier molecular flexibility index (Phi) is 3.64. The molecule has 0 bridgehead atoms. The summed E-state index contributed by atoms with van der Waals surface area (Å²) in [6.07, 6.45) is 1.04. The maximum absolute atomic E-state index is 12.2. The van der Waals surface area contributed by atoms with Gasteiger partial charge in [0.2, 0.25) is 0 Å². The van der Waals surface area contributed by atoms with Crippen LogP contribution in [0.3, 0.4) is 0 Å². The molecule has 1 fully saturated rings. The molecule has 2 rings (SSSR count). The largest absolute Gasteiger partial charge is 0.481 e. The van der Waals surface area contributed by atoms with Crippen molar-refractivity contribution in [1.82, 2.24) is 4.90 Å². The Bertz CT molecular complexity index is 487. The van der Waals surface area contributed by atoms with Crippen molar-refractivity contribution in [3.63, 3.8) is 0 Å². The van der Waals surface area contributed by atoms with E-state index in [1.165, 1.54) is 11.3 Å². The van der Waals surface area contributed by atoms with E-state index in [2.05, 4.69) is 0 Å². The molecular weight excluding hydrogens is 274 g/mol. The Morgan fingerprint density at radius 1 is 1.61 bits per heavy atom. The lowest BCUT2D eigenvalue weighted by Gasteiger charge is -2.22. The number of aliphatic carboxylic acids is 1. The van der Waals surface area contributed by atoms with Crippen molar-refractivity contribution in [3.05, 3.63) is 21.3 Å². The predicted molar refractivity (Wildman–Crippen MR) is 70.2 cm³/mol. The Labute approximate surface area is 114 Å². The maximum Gasteiger partial charge on any atom is 0.311 e. The summed E-state index contributed by atoms with van der Waals surface area (Å²) in [6, 6.07) is 1.68. The predicted octanol–water partition coefficient (Wildman–Crippen LogP) is 2.73. The van der Waals surface area contributed by atoms with Gasteiger partial charge in [-0.05, 0) is 24.3 Å². The quantitative estimate of drug-likeness (QED) is 0.930. The minimum Gasteiger partial charge on any atom is -0.481 e. The summed E-state index contributed by atoms with van der Waals surface area (Å²) >= 11 is 7.22. The highest BCUT2D eigenvalue weighted by Gasteiger charge is 2.45. The summed E-state index contributed by atoms with van der Waals surface area (Å²) in [4.78, 5) is 25.6. The normalized spacial score (nSPS) is 23.3. The number of carboxylic acid groups (broad SMARTS) is 1. The van der Waals surface area contributed by atoms with Crippen molar-refractivity contribution in [2.75, 3.05) is 13.1 Å². The van der Waals surface area contributed by atoms with E-state index in [4.69, 9.17) is 11.6 Å². The lowest BCUT2D eigenvalue weighted by molar-refractivity contribution is -0.148. The van der Waals surface area contributed by atoms with Crippen LogP contribution < -0.4 is 0 Å². The van der Waals surface area contributed by atoms with Crippen LogP contribution in [0.2, 0.25) is 5.02 Å². The van der Waals surface area contributed by atoms with Gasteiger partial charge >= 0.3 is 5.97 Å². The summed E-state index contributed by atoms with van der Waals surface area (Å²) < 4.78 is 0. The van der Waals surface area contributed by atoms with Crippen molar-refractivity contribution < 1.29 is 14.7 Å². The molecule has 1 aliphatic heterocycles. The first-order valence-corrected chi connectivity index (χ1v) is 7.01. The summed E-state index contributed by atoms with van der Waals surface area (Å²) in [6.45, 7) is 2.60. The Hall–Kier alpha value is -1.07. The number of hydrogen-bond donors (Lipinski definition) is 1. The van der Waals surface area contributed by atoms with Gasteiger partial charge < -0.3 is 10.0 Å². The number of rotatable bonds is 3. The fourth-order valence-corrected chi connectivity index (χ4v) is 3.35. The van der Waals surface area contributed by atoms with Crippen molar-refractivity contribution in [3.8, 4) is 0 Å². The molecule has 1 amide bonds. The van der Waals surface area contributed by atoms with Gasteiger partial charge in [0.15, 0.2) is 0 Å². The summed E-state index contributed by atoms with van der Waals surface area (Å²) in [5.41, 5.74) is -0.792. The number of halogens is 1. The van der Waals surface area contributed by atoms with Crippen LogP contribution in [0, 0.1) is 5.41 Å². The third-order valence-corrected chi connectivity index (χ3v) is 4.91. The molecule has 1 N–H and O–H groups in total. The zero-order chi connectivity index (χ0) is 13.3. The minimum absolute atomic E-state index is 0.161. The Morgan fingerprint density at radius 2 is 2.33 bits per heavy atom. The van der Waals surface area contributed by atoms with Gasteiger partial charge in [0.25, 0.3) is 5.91 Å². The van der Waals surface area contributed by atoms with E-state index in [1.54, 1.807) is 16.3 Å². The zero-order valence-electron chi connectivity index (χ0n) is 9.98. The first-order chi connectivity index (χ1) is 8.50. The maximum atomic E-state index is 12.2. The number of carboxylic acids is 1. The highest BCUT2D eigenvalue weighted by molar-refractivity contribution is 7.12. The van der Waals surface area contributed by atoms with Gasteiger partial charge in [0, 0.05) is 13.1 Å². The molecule has 0 aliphatic carbocycles. The molecular formula is C12H14ClNO3S. The highest BCUT2D eigenvalue weighted by atomic mass is 35.5. The summed E-state index contributed by atoms with van der Waals surface area (Å²) in [5.74, 6) is -0.982. The van der Waals surface area contributed by atoms with E-state index >= 15 is 0 Å². The van der Waals surface area contributed by atoms with Gasteiger partial charge in [-0.1, -0.05) is 18.5 Å². The number of thiophene rings is 1. The number of carbonyl (C=O) groups is 2. The minimum atomic E-state index is -0.822. The molecule has 98 valence electrons. The molecule has 1 saturated heterocycles. The van der Waals surface area contributed by atoms with Gasteiger partial charge in [-0.2, -0.15) is 0 Å². The third-order valence-electron chi connectivity index (χ3n) is 3.58. The second kappa shape index (κ2) is 4.90. The lowest BCUT2D eigenvalue weighted by Crippen LogP contribution is -2.36. The fourth-order valence-electron chi connectivity index (χ4n) is 2.25. The van der Waals surface area contributed by atoms with E-state index in [0.29, 0.717) is 29.3 Å². The van der Waals surface area contributed by atoms with Crippen LogP contribution in [0.25, 0.3) is 0 Å². The molecule has 1 atom stereocenters. The zero-order valence-corrected chi connectivity index (χ0v) is 11.6. The Morgan fingerprint density at radius 3 is 2.78 bits per heavy atom. The number of hydrogen-bond acceptors (Lipinski definition) is 3. The SMILES string of the molecule is CCC1(C(=O)O)CCN(C(=O)c2sccc2Cl)C1. The highest BCUT2D eigenvalue weighted by Crippen LogP contribution is 2.36. The number of likely N-dealkylation sites (tertiary alicyclic amines) is 1. The van der Waals surface area contributed by atoms with E-state index in [1.807, 2.05) is 6.92 Å². The third kappa shape index (κ3) is 2.12. The first kappa shape index (κ1) is 13.4. The van der Waals surface area contributed by atoms with E-state index in [-0.39, 0.29) is 12.5 Å². The van der Waals surface area contributed by atoms with Crippen LogP contribution in [0.1, 0.15) is 29.4 Å². The monoisotopic (exact) mass is 287 g/mol. The molecule has 0 aromatic carbocycles. The molecule has 1 unspecified atom stereocenters. The Balaban J connectivity index is 2.17. The lowest BCUT2D eigenvalue weighted by atomic mass is 9.84. The second-order valence-corrected chi connectivity index (χ2v) is 5.84. The molecule has 2 heterocycles. The molecule has 0 radical (unpaired) electrons. The summed E-state index contributed by atoms with van der Waals surface area (Å²) in [5, 5.41) is 11.5. The van der Waals surface area contributed by atoms with Crippen LogP contribution >= 0.6 is 22.9 Å². The van der Waals surface area contributed by atoms with Crippen molar-refractivity contribution >= 4 is 34.8 Å². The molecule has 1 aromatic rings. The van der Waals surface area contributed by atoms with Gasteiger partial charge in [-0.3, -0.25) is 9.59 Å². The molecule has 6 heteroatoms. The fraction of sp³-hybridized carbons (Fsp3) is 0.500. The second-order valence-electron chi connectivity index (χ2n) is 4.51. The number of nitrogens with zero attached hydrogens (tertiary/aromatic N) is 1. The molecule has 1 aromatic heterocycles. The van der Waals surface area contributed by atoms with Gasteiger partial charge in [0.05, 0.1) is 10.4 Å². The van der Waals surface area contributed by atoms with Gasteiger partial charge in [0.1, 0.15) is 4.88 Å². The van der Waals surface area contributed by atoms with E-state index < -0.39 is 11.4 Å². The number of amides is 1. The van der Waals surface area contributed by atoms with E-state index in [0.717, 1.165) is 0 Å². The van der Waals surface area contributed by atoms with Crippen molar-refractivity contribution in [2.24, 2.45) is 5.41 Å². The number of carbonyl (C=O) groups excluding carboxylic acids is 1. The van der Waals surface area contributed by atoms with Crippen LogP contribution in [-0.4, -0.2) is 35.0 Å². The van der Waals surface area contributed by atoms with Crippen LogP contribution in [0.5, 0.6) is 0 Å². The first-order valence-electron chi connectivity index (χ1n) is 5.76. The van der Waals surface area contributed by atoms with E-state index in [9.17, 15) is 14.7 Å². The molecule has 1 aliphatic rings. The summed E-state index contributed by atoms with van der Waals surface area (Å²) in [7, 11) is 0. The topological polar surface area (TPSA) is 57.6 Å². The molecule has 0 spiro atoms. The van der Waals surface area contributed by atoms with Gasteiger partial charge in [-0.15, -0.1) is 11.3 Å². The van der Waals surface area contributed by atoms with Crippen LogP contribution in [0.4, 0.5) is 0 Å². The van der Waals surface area contributed by atoms with Crippen molar-refractivity contribution in [2.45, 2.75) is 19.8 Å². The molecule has 0 saturated carbocycles. The van der Waals surface area contributed by atoms with Crippen LogP contribution in [-0.2, 0) is 4.79 Å². The van der Waals surface area contributed by atoms with Gasteiger partial charge in [-0.25, -0.2) is 0 Å².